The molecule has 1 saturated carbocycles. The summed E-state index contributed by atoms with van der Waals surface area (Å²) in [5, 5.41) is 13.9. The molecule has 2 atom stereocenters. The van der Waals surface area contributed by atoms with Gasteiger partial charge in [0, 0.05) is 0 Å². The van der Waals surface area contributed by atoms with Crippen LogP contribution in [0.5, 0.6) is 0 Å². The molecule has 12 heavy (non-hydrogen) atoms. The Balaban J connectivity index is 2.13. The molecule has 5 heteroatoms. The molecule has 0 aromatic heterocycles. The molecule has 66 valence electrons. The number of fused-ring (bicyclic) bond motifs is 1. The third kappa shape index (κ3) is 1.05. The smallest absolute Gasteiger partial charge is 0.358 e. The highest BCUT2D eigenvalue weighted by molar-refractivity contribution is 5.78. The van der Waals surface area contributed by atoms with E-state index in [0.29, 0.717) is 0 Å². The van der Waals surface area contributed by atoms with Crippen molar-refractivity contribution in [3.63, 3.8) is 0 Å². The van der Waals surface area contributed by atoms with Gasteiger partial charge in [-0.2, -0.15) is 0 Å². The average molecular weight is 170 g/mol. The van der Waals surface area contributed by atoms with Crippen molar-refractivity contribution < 1.29 is 9.76 Å². The first-order valence-electron chi connectivity index (χ1n) is 4.17. The summed E-state index contributed by atoms with van der Waals surface area (Å²) < 4.78 is 0. The van der Waals surface area contributed by atoms with Crippen LogP contribution in [0.4, 0.5) is 0 Å². The standard InChI is InChI=1S/C7H10N2O3/c10-9(11)7-5-3-1-2-4-6(5)12-8-7/h5-6H,1-4H2. The van der Waals surface area contributed by atoms with Gasteiger partial charge in [-0.3, -0.25) is 4.84 Å². The highest BCUT2D eigenvalue weighted by Gasteiger charge is 2.44. The molecule has 1 fully saturated rings. The molecule has 0 bridgehead atoms. The van der Waals surface area contributed by atoms with E-state index in [1.54, 1.807) is 0 Å². The predicted octanol–water partition coefficient (Wildman–Crippen LogP) is 1.17. The highest BCUT2D eigenvalue weighted by atomic mass is 16.7. The fourth-order valence-electron chi connectivity index (χ4n) is 1.88. The Labute approximate surface area is 69.5 Å². The van der Waals surface area contributed by atoms with Gasteiger partial charge in [-0.1, -0.05) is 6.42 Å². The number of nitrogens with zero attached hydrogens (tertiary/aromatic N) is 2. The molecule has 0 aromatic carbocycles. The number of nitro groups is 1. The third-order valence-corrected chi connectivity index (χ3v) is 2.50. The van der Waals surface area contributed by atoms with Gasteiger partial charge in [0.25, 0.3) is 0 Å². The first-order chi connectivity index (χ1) is 5.79. The molecular weight excluding hydrogens is 160 g/mol. The summed E-state index contributed by atoms with van der Waals surface area (Å²) in [7, 11) is 0. The third-order valence-electron chi connectivity index (χ3n) is 2.50. The number of rotatable bonds is 0. The normalized spacial score (nSPS) is 33.5. The van der Waals surface area contributed by atoms with Crippen molar-refractivity contribution in [2.75, 3.05) is 0 Å². The summed E-state index contributed by atoms with van der Waals surface area (Å²) >= 11 is 0. The van der Waals surface area contributed by atoms with Gasteiger partial charge >= 0.3 is 5.84 Å². The van der Waals surface area contributed by atoms with Gasteiger partial charge in [-0.15, -0.1) is 0 Å². The molecule has 0 aromatic rings. The lowest BCUT2D eigenvalue weighted by Crippen LogP contribution is -2.30. The van der Waals surface area contributed by atoms with Crippen LogP contribution in [0, 0.1) is 16.0 Å². The second kappa shape index (κ2) is 2.73. The van der Waals surface area contributed by atoms with Gasteiger partial charge < -0.3 is 10.1 Å². The Bertz CT molecular complexity index is 239. The van der Waals surface area contributed by atoms with Crippen LogP contribution in [0.25, 0.3) is 0 Å². The Morgan fingerprint density at radius 3 is 3.00 bits per heavy atom. The molecule has 1 aliphatic heterocycles. The van der Waals surface area contributed by atoms with Crippen molar-refractivity contribution >= 4 is 5.84 Å². The molecule has 2 unspecified atom stereocenters. The highest BCUT2D eigenvalue weighted by Crippen LogP contribution is 2.32. The lowest BCUT2D eigenvalue weighted by Gasteiger charge is -2.18. The van der Waals surface area contributed by atoms with Crippen LogP contribution in [0.3, 0.4) is 0 Å². The number of hydrogen-bond donors (Lipinski definition) is 0. The minimum absolute atomic E-state index is 0.0147. The average Bonchev–Trinajstić information content (AvgIpc) is 2.47. The van der Waals surface area contributed by atoms with E-state index in [0.717, 1.165) is 25.7 Å². The topological polar surface area (TPSA) is 64.7 Å². The van der Waals surface area contributed by atoms with E-state index < -0.39 is 4.92 Å². The molecule has 2 aliphatic rings. The van der Waals surface area contributed by atoms with Crippen molar-refractivity contribution in [1.29, 1.82) is 0 Å². The zero-order chi connectivity index (χ0) is 8.55. The fraction of sp³-hybridized carbons (Fsp3) is 0.857. The lowest BCUT2D eigenvalue weighted by atomic mass is 9.86. The Morgan fingerprint density at radius 2 is 2.25 bits per heavy atom. The van der Waals surface area contributed by atoms with E-state index in [1.165, 1.54) is 0 Å². The van der Waals surface area contributed by atoms with E-state index in [1.807, 2.05) is 0 Å². The molecule has 1 heterocycles. The summed E-state index contributed by atoms with van der Waals surface area (Å²) in [6.45, 7) is 0. The monoisotopic (exact) mass is 170 g/mol. The quantitative estimate of drug-likeness (QED) is 0.405. The van der Waals surface area contributed by atoms with Gasteiger partial charge in [-0.25, -0.2) is 0 Å². The lowest BCUT2D eigenvalue weighted by molar-refractivity contribution is -0.356. The molecule has 0 N–H and O–H groups in total. The van der Waals surface area contributed by atoms with Gasteiger partial charge in [-0.05, 0) is 24.2 Å². The minimum atomic E-state index is -0.421. The second-order valence-corrected chi connectivity index (χ2v) is 3.24. The van der Waals surface area contributed by atoms with Crippen LogP contribution in [0.2, 0.25) is 0 Å². The maximum atomic E-state index is 10.5. The van der Waals surface area contributed by atoms with Crippen LogP contribution in [0.1, 0.15) is 25.7 Å². The van der Waals surface area contributed by atoms with Crippen molar-refractivity contribution in [2.24, 2.45) is 11.1 Å². The second-order valence-electron chi connectivity index (χ2n) is 3.24. The molecule has 0 radical (unpaired) electrons. The van der Waals surface area contributed by atoms with Crippen LogP contribution in [0.15, 0.2) is 5.16 Å². The van der Waals surface area contributed by atoms with E-state index in [-0.39, 0.29) is 17.9 Å². The van der Waals surface area contributed by atoms with E-state index in [9.17, 15) is 10.1 Å². The molecule has 0 saturated heterocycles. The van der Waals surface area contributed by atoms with Crippen LogP contribution >= 0.6 is 0 Å². The predicted molar refractivity (Wildman–Crippen MR) is 41.3 cm³/mol. The summed E-state index contributed by atoms with van der Waals surface area (Å²) in [6, 6.07) is 0. The van der Waals surface area contributed by atoms with Crippen LogP contribution in [-0.4, -0.2) is 16.9 Å². The van der Waals surface area contributed by atoms with Crippen molar-refractivity contribution in [3.05, 3.63) is 10.1 Å². The van der Waals surface area contributed by atoms with E-state index in [4.69, 9.17) is 4.84 Å². The van der Waals surface area contributed by atoms with Gasteiger partial charge in [0.2, 0.25) is 0 Å². The molecule has 1 aliphatic carbocycles. The Morgan fingerprint density at radius 1 is 1.50 bits per heavy atom. The van der Waals surface area contributed by atoms with Crippen molar-refractivity contribution in [3.8, 4) is 0 Å². The SMILES string of the molecule is O=[N+]([O-])C1=NOC2CCCCC12. The first kappa shape index (κ1) is 7.52. The summed E-state index contributed by atoms with van der Waals surface area (Å²) in [4.78, 5) is 15.0. The molecular formula is C7H10N2O3. The van der Waals surface area contributed by atoms with Gasteiger partial charge in [0.15, 0.2) is 11.3 Å². The zero-order valence-electron chi connectivity index (χ0n) is 6.60. The van der Waals surface area contributed by atoms with Gasteiger partial charge in [0.1, 0.15) is 5.92 Å². The molecule has 2 rings (SSSR count). The minimum Gasteiger partial charge on any atom is -0.358 e. The first-order valence-corrected chi connectivity index (χ1v) is 4.17. The fourth-order valence-corrected chi connectivity index (χ4v) is 1.88. The molecule has 0 spiro atoms. The number of hydrogen-bond acceptors (Lipinski definition) is 4. The summed E-state index contributed by atoms with van der Waals surface area (Å²) in [5.41, 5.74) is 0. The van der Waals surface area contributed by atoms with Crippen LogP contribution < -0.4 is 0 Å². The maximum absolute atomic E-state index is 10.5. The number of oxime groups is 1. The number of amidine groups is 1. The largest absolute Gasteiger partial charge is 0.392 e. The molecule has 5 nitrogen and oxygen atoms in total. The Kier molecular flexibility index (Phi) is 1.71. The van der Waals surface area contributed by atoms with Crippen molar-refractivity contribution in [2.45, 2.75) is 31.8 Å². The molecule has 0 amide bonds. The van der Waals surface area contributed by atoms with E-state index >= 15 is 0 Å². The van der Waals surface area contributed by atoms with E-state index in [2.05, 4.69) is 5.16 Å². The zero-order valence-corrected chi connectivity index (χ0v) is 6.60. The summed E-state index contributed by atoms with van der Waals surface area (Å²) in [6.07, 6.45) is 3.90. The van der Waals surface area contributed by atoms with Gasteiger partial charge in [0.05, 0.1) is 0 Å². The maximum Gasteiger partial charge on any atom is 0.392 e. The Hall–Kier alpha value is -1.13. The summed E-state index contributed by atoms with van der Waals surface area (Å²) in [5.74, 6) is -0.0200. The van der Waals surface area contributed by atoms with Crippen LogP contribution in [-0.2, 0) is 4.84 Å². The van der Waals surface area contributed by atoms with Crippen molar-refractivity contribution in [1.82, 2.24) is 0 Å².